The lowest BCUT2D eigenvalue weighted by Gasteiger charge is -2.44. The summed E-state index contributed by atoms with van der Waals surface area (Å²) in [6, 6.07) is 0. The van der Waals surface area contributed by atoms with Gasteiger partial charge < -0.3 is 30.3 Å². The maximum absolute atomic E-state index is 13.9. The number of carboxylic acids is 1. The average Bonchev–Trinajstić information content (AvgIpc) is 2.38. The topological polar surface area (TPSA) is 127 Å². The van der Waals surface area contributed by atoms with Gasteiger partial charge in [0, 0.05) is 5.92 Å². The second kappa shape index (κ2) is 5.63. The van der Waals surface area contributed by atoms with Crippen LogP contribution in [0.2, 0.25) is 0 Å². The van der Waals surface area contributed by atoms with E-state index in [0.717, 1.165) is 0 Å². The van der Waals surface area contributed by atoms with Gasteiger partial charge in [-0.05, 0) is 0 Å². The van der Waals surface area contributed by atoms with Crippen LogP contribution in [-0.2, 0) is 9.53 Å². The van der Waals surface area contributed by atoms with Crippen LogP contribution >= 0.6 is 0 Å². The van der Waals surface area contributed by atoms with E-state index in [-0.39, 0.29) is 0 Å². The fraction of sp³-hybridized carbons (Fsp3) is 0.900. The molecule has 19 heavy (non-hydrogen) atoms. The Hall–Kier alpha value is -0.870. The molecule has 1 rings (SSSR count). The van der Waals surface area contributed by atoms with Gasteiger partial charge in [0.2, 0.25) is 0 Å². The monoisotopic (exact) mass is 286 g/mol. The molecule has 1 aliphatic heterocycles. The minimum Gasteiger partial charge on any atom is -0.477 e. The Morgan fingerprint density at radius 3 is 2.42 bits per heavy atom. The number of rotatable bonds is 4. The van der Waals surface area contributed by atoms with Crippen LogP contribution in [-0.4, -0.2) is 74.6 Å². The average molecular weight is 286 g/mol. The van der Waals surface area contributed by atoms with Gasteiger partial charge in [-0.25, -0.2) is 9.18 Å². The standard InChI is InChI=1S/C10H16F2O7/c1-3-5(15)8(11)10(12,9(17)18)19-7(3)6(16)4(14)2-13/h3-8,13-16H,2H2,1H3,(H,17,18)/t3?,4-,5+,6-,7?,8?,10-/m1/s1. The summed E-state index contributed by atoms with van der Waals surface area (Å²) >= 11 is 0. The number of halogens is 2. The Labute approximate surface area is 107 Å². The second-order valence-corrected chi connectivity index (χ2v) is 4.52. The summed E-state index contributed by atoms with van der Waals surface area (Å²) in [6.45, 7) is 0.298. The number of hydrogen-bond acceptors (Lipinski definition) is 6. The maximum Gasteiger partial charge on any atom is 0.372 e. The molecule has 0 bridgehead atoms. The van der Waals surface area contributed by atoms with E-state index in [1.54, 1.807) is 0 Å². The molecule has 0 aromatic rings. The van der Waals surface area contributed by atoms with Crippen LogP contribution in [0.25, 0.3) is 0 Å². The highest BCUT2D eigenvalue weighted by atomic mass is 19.2. The molecule has 0 aromatic carbocycles. The quantitative estimate of drug-likeness (QED) is 0.412. The van der Waals surface area contributed by atoms with E-state index in [0.29, 0.717) is 0 Å². The molecule has 1 aliphatic rings. The first-order chi connectivity index (χ1) is 8.66. The van der Waals surface area contributed by atoms with E-state index in [9.17, 15) is 28.9 Å². The second-order valence-electron chi connectivity index (χ2n) is 4.52. The van der Waals surface area contributed by atoms with Crippen molar-refractivity contribution in [2.24, 2.45) is 5.92 Å². The summed E-state index contributed by atoms with van der Waals surface area (Å²) in [4.78, 5) is 10.7. The molecule has 0 amide bonds. The highest BCUT2D eigenvalue weighted by Crippen LogP contribution is 2.38. The Morgan fingerprint density at radius 2 is 2.00 bits per heavy atom. The zero-order chi connectivity index (χ0) is 15.0. The molecule has 0 aliphatic carbocycles. The summed E-state index contributed by atoms with van der Waals surface area (Å²) in [5.74, 6) is -7.30. The van der Waals surface area contributed by atoms with E-state index in [4.69, 9.17) is 10.2 Å². The number of aliphatic hydroxyl groups is 4. The third-order valence-corrected chi connectivity index (χ3v) is 3.23. The number of carbonyl (C=O) groups is 1. The van der Waals surface area contributed by atoms with Crippen molar-refractivity contribution in [3.63, 3.8) is 0 Å². The number of aliphatic carboxylic acids is 1. The molecule has 7 nitrogen and oxygen atoms in total. The minimum atomic E-state index is -3.83. The van der Waals surface area contributed by atoms with Gasteiger partial charge >= 0.3 is 11.8 Å². The van der Waals surface area contributed by atoms with Gasteiger partial charge in [-0.2, -0.15) is 4.39 Å². The van der Waals surface area contributed by atoms with Crippen LogP contribution in [0.3, 0.4) is 0 Å². The molecule has 0 saturated carbocycles. The molecule has 1 heterocycles. The number of hydrogen-bond donors (Lipinski definition) is 5. The van der Waals surface area contributed by atoms with Gasteiger partial charge in [-0.3, -0.25) is 0 Å². The van der Waals surface area contributed by atoms with Crippen LogP contribution in [0, 0.1) is 5.92 Å². The summed E-state index contributed by atoms with van der Waals surface area (Å²) in [7, 11) is 0. The molecule has 3 unspecified atom stereocenters. The van der Waals surface area contributed by atoms with Gasteiger partial charge in [-0.15, -0.1) is 0 Å². The Balaban J connectivity index is 3.04. The molecular formula is C10H16F2O7. The van der Waals surface area contributed by atoms with Gasteiger partial charge in [0.05, 0.1) is 18.8 Å². The lowest BCUT2D eigenvalue weighted by molar-refractivity contribution is -0.301. The van der Waals surface area contributed by atoms with Crippen LogP contribution in [0.15, 0.2) is 0 Å². The van der Waals surface area contributed by atoms with Crippen LogP contribution in [0.1, 0.15) is 6.92 Å². The van der Waals surface area contributed by atoms with Crippen molar-refractivity contribution in [2.75, 3.05) is 6.61 Å². The summed E-state index contributed by atoms with van der Waals surface area (Å²) in [5, 5.41) is 45.6. The smallest absolute Gasteiger partial charge is 0.372 e. The third kappa shape index (κ3) is 2.70. The summed E-state index contributed by atoms with van der Waals surface area (Å²) in [6.07, 6.45) is -10.2. The van der Waals surface area contributed by atoms with Crippen LogP contribution in [0.4, 0.5) is 8.78 Å². The largest absolute Gasteiger partial charge is 0.477 e. The van der Waals surface area contributed by atoms with E-state index in [2.05, 4.69) is 4.74 Å². The van der Waals surface area contributed by atoms with E-state index < -0.39 is 54.9 Å². The number of carboxylic acid groups (broad SMARTS) is 1. The molecule has 7 atom stereocenters. The Kier molecular flexibility index (Phi) is 4.80. The molecule has 5 N–H and O–H groups in total. The maximum atomic E-state index is 13.9. The van der Waals surface area contributed by atoms with Crippen molar-refractivity contribution >= 4 is 5.97 Å². The van der Waals surface area contributed by atoms with Crippen molar-refractivity contribution < 1.29 is 43.8 Å². The lowest BCUT2D eigenvalue weighted by Crippen LogP contribution is -2.64. The highest BCUT2D eigenvalue weighted by molar-refractivity contribution is 5.76. The van der Waals surface area contributed by atoms with Crippen molar-refractivity contribution in [3.8, 4) is 0 Å². The molecule has 0 aromatic heterocycles. The predicted octanol–water partition coefficient (Wildman–Crippen LogP) is -1.82. The van der Waals surface area contributed by atoms with Crippen molar-refractivity contribution in [1.29, 1.82) is 0 Å². The predicted molar refractivity (Wildman–Crippen MR) is 55.5 cm³/mol. The van der Waals surface area contributed by atoms with Gasteiger partial charge in [0.25, 0.3) is 0 Å². The van der Waals surface area contributed by atoms with Gasteiger partial charge in [-0.1, -0.05) is 6.92 Å². The van der Waals surface area contributed by atoms with E-state index >= 15 is 0 Å². The number of ether oxygens (including phenoxy) is 1. The molecule has 1 saturated heterocycles. The highest BCUT2D eigenvalue weighted by Gasteiger charge is 2.61. The molecule has 9 heteroatoms. The Bertz CT molecular complexity index is 338. The van der Waals surface area contributed by atoms with Crippen molar-refractivity contribution in [3.05, 3.63) is 0 Å². The zero-order valence-corrected chi connectivity index (χ0v) is 9.98. The number of aliphatic hydroxyl groups excluding tert-OH is 4. The van der Waals surface area contributed by atoms with Gasteiger partial charge in [0.1, 0.15) is 12.2 Å². The minimum absolute atomic E-state index is 0.894. The van der Waals surface area contributed by atoms with Crippen LogP contribution < -0.4 is 0 Å². The van der Waals surface area contributed by atoms with E-state index in [1.165, 1.54) is 6.92 Å². The fourth-order valence-electron chi connectivity index (χ4n) is 1.93. The summed E-state index contributed by atoms with van der Waals surface area (Å²) in [5.41, 5.74) is 0. The van der Waals surface area contributed by atoms with Crippen molar-refractivity contribution in [1.82, 2.24) is 0 Å². The lowest BCUT2D eigenvalue weighted by atomic mass is 9.84. The normalized spacial score (nSPS) is 42.7. The van der Waals surface area contributed by atoms with Crippen LogP contribution in [0.5, 0.6) is 0 Å². The zero-order valence-electron chi connectivity index (χ0n) is 9.98. The first-order valence-corrected chi connectivity index (χ1v) is 5.56. The first kappa shape index (κ1) is 16.2. The van der Waals surface area contributed by atoms with Crippen molar-refractivity contribution in [2.45, 2.75) is 43.4 Å². The first-order valence-electron chi connectivity index (χ1n) is 5.56. The molecule has 1 fully saturated rings. The van der Waals surface area contributed by atoms with Gasteiger partial charge in [0.15, 0.2) is 6.17 Å². The molecule has 0 radical (unpaired) electrons. The fourth-order valence-corrected chi connectivity index (χ4v) is 1.93. The van der Waals surface area contributed by atoms with E-state index in [1.807, 2.05) is 0 Å². The molecular weight excluding hydrogens is 270 g/mol. The summed E-state index contributed by atoms with van der Waals surface area (Å²) < 4.78 is 31.8. The third-order valence-electron chi connectivity index (χ3n) is 3.23. The SMILES string of the molecule is CC1C([C@H](O)[C@H](O)CO)O[C@@](F)(C(=O)O)C(F)[C@H]1O. The molecule has 0 spiro atoms. The Morgan fingerprint density at radius 1 is 1.47 bits per heavy atom. The molecule has 112 valence electrons. The number of alkyl halides is 2.